The molecule has 0 aliphatic heterocycles. The molecule has 1 aromatic heterocycles. The monoisotopic (exact) mass is 244 g/mol. The summed E-state index contributed by atoms with van der Waals surface area (Å²) in [4.78, 5) is 4.22. The van der Waals surface area contributed by atoms with Gasteiger partial charge in [-0.25, -0.2) is 0 Å². The van der Waals surface area contributed by atoms with Crippen LogP contribution in [0.3, 0.4) is 0 Å². The Morgan fingerprint density at radius 3 is 2.83 bits per heavy atom. The van der Waals surface area contributed by atoms with E-state index in [0.29, 0.717) is 6.54 Å². The minimum atomic E-state index is 0.146. The topological polar surface area (TPSA) is 45.2 Å². The molecule has 0 amide bonds. The Hall–Kier alpha value is -1.87. The summed E-state index contributed by atoms with van der Waals surface area (Å²) in [7, 11) is 0. The van der Waals surface area contributed by atoms with E-state index < -0.39 is 0 Å². The van der Waals surface area contributed by atoms with E-state index >= 15 is 0 Å². The fourth-order valence-corrected chi connectivity index (χ4v) is 1.32. The standard InChI is InChI=1S/C15H20N2O/c1-13(6-8-14(2)16-11-12-18)7-9-15-5-3-4-10-17-15/h3-10,16,18H,11-12H2,1-2H3/b9-7+,13-6+,14-8+. The van der Waals surface area contributed by atoms with Crippen LogP contribution in [0.25, 0.3) is 6.08 Å². The predicted octanol–water partition coefficient (Wildman–Crippen LogP) is 2.53. The number of aliphatic hydroxyl groups is 1. The molecule has 0 unspecified atom stereocenters. The third kappa shape index (κ3) is 6.01. The quantitative estimate of drug-likeness (QED) is 0.756. The highest BCUT2D eigenvalue weighted by molar-refractivity contribution is 5.48. The van der Waals surface area contributed by atoms with Gasteiger partial charge in [-0.3, -0.25) is 4.98 Å². The second-order valence-corrected chi connectivity index (χ2v) is 4.00. The molecule has 0 atom stereocenters. The molecular weight excluding hydrogens is 224 g/mol. The lowest BCUT2D eigenvalue weighted by molar-refractivity contribution is 0.297. The highest BCUT2D eigenvalue weighted by Gasteiger charge is 1.87. The molecule has 1 aromatic rings. The van der Waals surface area contributed by atoms with Crippen LogP contribution in [0.4, 0.5) is 0 Å². The van der Waals surface area contributed by atoms with Crippen LogP contribution in [0.2, 0.25) is 0 Å². The van der Waals surface area contributed by atoms with Gasteiger partial charge in [0, 0.05) is 18.4 Å². The van der Waals surface area contributed by atoms with Crippen LogP contribution in [-0.4, -0.2) is 23.2 Å². The van der Waals surface area contributed by atoms with E-state index in [1.54, 1.807) is 6.20 Å². The van der Waals surface area contributed by atoms with Crippen LogP contribution in [-0.2, 0) is 0 Å². The van der Waals surface area contributed by atoms with Crippen molar-refractivity contribution < 1.29 is 5.11 Å². The SMILES string of the molecule is CC(/C=C/c1ccccn1)=C\C=C(/C)NCCO. The lowest BCUT2D eigenvalue weighted by atomic mass is 10.2. The molecule has 0 fully saturated rings. The summed E-state index contributed by atoms with van der Waals surface area (Å²) in [5.74, 6) is 0. The molecule has 0 aromatic carbocycles. The summed E-state index contributed by atoms with van der Waals surface area (Å²) in [6.45, 7) is 4.74. The van der Waals surface area contributed by atoms with Gasteiger partial charge < -0.3 is 10.4 Å². The zero-order valence-electron chi connectivity index (χ0n) is 10.9. The number of pyridine rings is 1. The van der Waals surface area contributed by atoms with Crippen LogP contribution in [0.15, 0.2) is 53.9 Å². The fraction of sp³-hybridized carbons (Fsp3) is 0.267. The number of allylic oxidation sites excluding steroid dienone is 5. The molecule has 0 bridgehead atoms. The molecule has 0 saturated carbocycles. The molecule has 2 N–H and O–H groups in total. The Labute approximate surface area is 109 Å². The predicted molar refractivity (Wildman–Crippen MR) is 75.9 cm³/mol. The average Bonchev–Trinajstić information content (AvgIpc) is 2.41. The first-order valence-electron chi connectivity index (χ1n) is 6.01. The van der Waals surface area contributed by atoms with Crippen molar-refractivity contribution in [2.45, 2.75) is 13.8 Å². The Balaban J connectivity index is 2.54. The first kappa shape index (κ1) is 14.2. The smallest absolute Gasteiger partial charge is 0.0629 e. The van der Waals surface area contributed by atoms with Crippen molar-refractivity contribution in [3.05, 3.63) is 59.6 Å². The highest BCUT2D eigenvalue weighted by Crippen LogP contribution is 2.02. The first-order chi connectivity index (χ1) is 8.72. The zero-order valence-corrected chi connectivity index (χ0v) is 10.9. The van der Waals surface area contributed by atoms with Gasteiger partial charge in [0.1, 0.15) is 0 Å². The molecule has 96 valence electrons. The van der Waals surface area contributed by atoms with E-state index in [1.165, 1.54) is 0 Å². The first-order valence-corrected chi connectivity index (χ1v) is 6.01. The summed E-state index contributed by atoms with van der Waals surface area (Å²) in [6.07, 6.45) is 9.81. The van der Waals surface area contributed by atoms with E-state index in [2.05, 4.69) is 10.3 Å². The van der Waals surface area contributed by atoms with Gasteiger partial charge in [0.2, 0.25) is 0 Å². The number of nitrogens with zero attached hydrogens (tertiary/aromatic N) is 1. The number of rotatable bonds is 6. The average molecular weight is 244 g/mol. The van der Waals surface area contributed by atoms with Gasteiger partial charge in [0.25, 0.3) is 0 Å². The molecule has 3 heteroatoms. The number of aromatic nitrogens is 1. The number of nitrogens with one attached hydrogen (secondary N) is 1. The summed E-state index contributed by atoms with van der Waals surface area (Å²) in [5, 5.41) is 11.8. The van der Waals surface area contributed by atoms with Crippen molar-refractivity contribution in [1.29, 1.82) is 0 Å². The maximum atomic E-state index is 8.68. The van der Waals surface area contributed by atoms with Gasteiger partial charge >= 0.3 is 0 Å². The van der Waals surface area contributed by atoms with Crippen LogP contribution in [0.1, 0.15) is 19.5 Å². The number of aliphatic hydroxyl groups excluding tert-OH is 1. The van der Waals surface area contributed by atoms with Gasteiger partial charge in [-0.05, 0) is 38.1 Å². The van der Waals surface area contributed by atoms with Gasteiger partial charge in [-0.1, -0.05) is 23.8 Å². The van der Waals surface area contributed by atoms with E-state index in [0.717, 1.165) is 17.0 Å². The summed E-state index contributed by atoms with van der Waals surface area (Å²) in [5.41, 5.74) is 3.13. The molecule has 0 spiro atoms. The zero-order chi connectivity index (χ0) is 13.2. The van der Waals surface area contributed by atoms with E-state index in [1.807, 2.05) is 56.4 Å². The fourth-order valence-electron chi connectivity index (χ4n) is 1.32. The Morgan fingerprint density at radius 1 is 1.33 bits per heavy atom. The molecular formula is C15H20N2O. The van der Waals surface area contributed by atoms with E-state index in [4.69, 9.17) is 5.11 Å². The van der Waals surface area contributed by atoms with Crippen molar-refractivity contribution in [2.75, 3.05) is 13.2 Å². The summed E-state index contributed by atoms with van der Waals surface area (Å²) < 4.78 is 0. The van der Waals surface area contributed by atoms with Crippen LogP contribution in [0.5, 0.6) is 0 Å². The van der Waals surface area contributed by atoms with E-state index in [-0.39, 0.29) is 6.61 Å². The largest absolute Gasteiger partial charge is 0.395 e. The molecule has 0 aliphatic rings. The third-order valence-electron chi connectivity index (χ3n) is 2.32. The maximum absolute atomic E-state index is 8.68. The van der Waals surface area contributed by atoms with Crippen molar-refractivity contribution in [3.8, 4) is 0 Å². The molecule has 18 heavy (non-hydrogen) atoms. The van der Waals surface area contributed by atoms with Crippen molar-refractivity contribution in [2.24, 2.45) is 0 Å². The second kappa shape index (κ2) is 8.25. The van der Waals surface area contributed by atoms with Crippen LogP contribution < -0.4 is 5.32 Å². The molecule has 0 aliphatic carbocycles. The maximum Gasteiger partial charge on any atom is 0.0629 e. The molecule has 3 nitrogen and oxygen atoms in total. The number of hydrogen-bond donors (Lipinski definition) is 2. The van der Waals surface area contributed by atoms with Crippen molar-refractivity contribution in [3.63, 3.8) is 0 Å². The van der Waals surface area contributed by atoms with Crippen LogP contribution >= 0.6 is 0 Å². The van der Waals surface area contributed by atoms with Gasteiger partial charge in [0.05, 0.1) is 12.3 Å². The lowest BCUT2D eigenvalue weighted by Gasteiger charge is -2.02. The highest BCUT2D eigenvalue weighted by atomic mass is 16.3. The van der Waals surface area contributed by atoms with E-state index in [9.17, 15) is 0 Å². The summed E-state index contributed by atoms with van der Waals surface area (Å²) >= 11 is 0. The Morgan fingerprint density at radius 2 is 2.17 bits per heavy atom. The van der Waals surface area contributed by atoms with Crippen molar-refractivity contribution >= 4 is 6.08 Å². The Kier molecular flexibility index (Phi) is 6.51. The third-order valence-corrected chi connectivity index (χ3v) is 2.32. The van der Waals surface area contributed by atoms with Crippen LogP contribution in [0, 0.1) is 0 Å². The van der Waals surface area contributed by atoms with Crippen molar-refractivity contribution in [1.82, 2.24) is 10.3 Å². The minimum absolute atomic E-state index is 0.146. The lowest BCUT2D eigenvalue weighted by Crippen LogP contribution is -2.15. The normalized spacial score (nSPS) is 13.1. The van der Waals surface area contributed by atoms with Gasteiger partial charge in [-0.2, -0.15) is 0 Å². The Bertz CT molecular complexity index is 433. The number of hydrogen-bond acceptors (Lipinski definition) is 3. The van der Waals surface area contributed by atoms with Gasteiger partial charge in [-0.15, -0.1) is 0 Å². The molecule has 0 radical (unpaired) electrons. The molecule has 0 saturated heterocycles. The van der Waals surface area contributed by atoms with Gasteiger partial charge in [0.15, 0.2) is 0 Å². The second-order valence-electron chi connectivity index (χ2n) is 4.00. The molecule has 1 heterocycles. The summed E-state index contributed by atoms with van der Waals surface area (Å²) in [6, 6.07) is 5.83. The minimum Gasteiger partial charge on any atom is -0.395 e. The molecule has 1 rings (SSSR count).